The predicted octanol–water partition coefficient (Wildman–Crippen LogP) is 2.27. The maximum atomic E-state index is 12.3. The van der Waals surface area contributed by atoms with E-state index in [1.54, 1.807) is 18.2 Å². The van der Waals surface area contributed by atoms with Gasteiger partial charge in [0.25, 0.3) is 0 Å². The van der Waals surface area contributed by atoms with Crippen LogP contribution in [0.5, 0.6) is 0 Å². The SMILES string of the molecule is Nc1nc(NF)c2ccc(Br)cc2n1. The maximum absolute atomic E-state index is 12.3. The summed E-state index contributed by atoms with van der Waals surface area (Å²) in [6, 6.07) is 5.23. The summed E-state index contributed by atoms with van der Waals surface area (Å²) in [7, 11) is 0. The lowest BCUT2D eigenvalue weighted by atomic mass is 10.2. The van der Waals surface area contributed by atoms with Crippen LogP contribution in [0.25, 0.3) is 10.9 Å². The third-order valence-corrected chi connectivity index (χ3v) is 2.26. The van der Waals surface area contributed by atoms with Crippen LogP contribution in [0.4, 0.5) is 16.2 Å². The number of halogens is 2. The molecule has 0 radical (unpaired) electrons. The Labute approximate surface area is 87.4 Å². The summed E-state index contributed by atoms with van der Waals surface area (Å²) in [5, 5.41) is 0.588. The van der Waals surface area contributed by atoms with Crippen molar-refractivity contribution in [1.29, 1.82) is 0 Å². The van der Waals surface area contributed by atoms with Gasteiger partial charge in [-0.15, -0.1) is 4.48 Å². The van der Waals surface area contributed by atoms with E-state index < -0.39 is 0 Å². The van der Waals surface area contributed by atoms with Gasteiger partial charge in [0.1, 0.15) is 0 Å². The first kappa shape index (κ1) is 9.14. The number of aromatic nitrogens is 2. The summed E-state index contributed by atoms with van der Waals surface area (Å²) in [6.45, 7) is 0. The number of anilines is 2. The average Bonchev–Trinajstić information content (AvgIpc) is 2.15. The molecular weight excluding hydrogens is 251 g/mol. The molecule has 6 heteroatoms. The summed E-state index contributed by atoms with van der Waals surface area (Å²) in [5.74, 6) is 0.121. The highest BCUT2D eigenvalue weighted by Gasteiger charge is 2.05. The quantitative estimate of drug-likeness (QED) is 0.769. The zero-order chi connectivity index (χ0) is 10.1. The van der Waals surface area contributed by atoms with Gasteiger partial charge in [0.15, 0.2) is 5.82 Å². The van der Waals surface area contributed by atoms with E-state index in [4.69, 9.17) is 5.73 Å². The number of nitrogen functional groups attached to an aromatic ring is 1. The molecule has 2 rings (SSSR count). The molecule has 0 spiro atoms. The molecule has 1 aromatic carbocycles. The van der Waals surface area contributed by atoms with Crippen LogP contribution in [0.1, 0.15) is 0 Å². The highest BCUT2D eigenvalue weighted by atomic mass is 79.9. The Kier molecular flexibility index (Phi) is 2.20. The number of nitrogens with zero attached hydrogens (tertiary/aromatic N) is 2. The van der Waals surface area contributed by atoms with Crippen molar-refractivity contribution < 1.29 is 4.48 Å². The molecule has 0 unspecified atom stereocenters. The molecule has 2 aromatic rings. The van der Waals surface area contributed by atoms with Gasteiger partial charge in [-0.05, 0) is 18.2 Å². The first-order chi connectivity index (χ1) is 6.70. The van der Waals surface area contributed by atoms with E-state index in [2.05, 4.69) is 25.9 Å². The smallest absolute Gasteiger partial charge is 0.222 e. The first-order valence-electron chi connectivity index (χ1n) is 3.80. The molecule has 0 aliphatic rings. The van der Waals surface area contributed by atoms with Gasteiger partial charge in [0.2, 0.25) is 5.95 Å². The third kappa shape index (κ3) is 1.48. The predicted molar refractivity (Wildman–Crippen MR) is 56.4 cm³/mol. The molecule has 1 heterocycles. The van der Waals surface area contributed by atoms with Crippen molar-refractivity contribution in [2.75, 3.05) is 11.3 Å². The Hall–Kier alpha value is -1.43. The summed E-state index contributed by atoms with van der Waals surface area (Å²) >= 11 is 3.29. The molecule has 0 bridgehead atoms. The van der Waals surface area contributed by atoms with E-state index in [-0.39, 0.29) is 11.8 Å². The van der Waals surface area contributed by atoms with Gasteiger partial charge in [-0.1, -0.05) is 15.9 Å². The molecule has 0 saturated heterocycles. The number of hydrogen-bond acceptors (Lipinski definition) is 4. The third-order valence-electron chi connectivity index (χ3n) is 1.77. The molecule has 0 atom stereocenters. The van der Waals surface area contributed by atoms with Crippen LogP contribution >= 0.6 is 15.9 Å². The van der Waals surface area contributed by atoms with Crippen LogP contribution in [-0.4, -0.2) is 9.97 Å². The Morgan fingerprint density at radius 2 is 2.14 bits per heavy atom. The molecule has 14 heavy (non-hydrogen) atoms. The van der Waals surface area contributed by atoms with Crippen LogP contribution in [-0.2, 0) is 0 Å². The number of rotatable bonds is 1. The number of nitrogens with one attached hydrogen (secondary N) is 1. The highest BCUT2D eigenvalue weighted by Crippen LogP contribution is 2.24. The first-order valence-corrected chi connectivity index (χ1v) is 4.59. The van der Waals surface area contributed by atoms with E-state index >= 15 is 0 Å². The minimum Gasteiger partial charge on any atom is -0.368 e. The van der Waals surface area contributed by atoms with Crippen molar-refractivity contribution >= 4 is 38.6 Å². The second-order valence-corrected chi connectivity index (χ2v) is 3.60. The van der Waals surface area contributed by atoms with Crippen molar-refractivity contribution in [1.82, 2.24) is 9.97 Å². The van der Waals surface area contributed by atoms with E-state index in [9.17, 15) is 4.48 Å². The molecule has 0 aliphatic carbocycles. The average molecular weight is 257 g/mol. The number of benzene rings is 1. The number of nitrogens with two attached hydrogens (primary N) is 1. The highest BCUT2D eigenvalue weighted by molar-refractivity contribution is 9.10. The van der Waals surface area contributed by atoms with Gasteiger partial charge in [-0.25, -0.2) is 10.5 Å². The van der Waals surface area contributed by atoms with Crippen molar-refractivity contribution in [3.8, 4) is 0 Å². The van der Waals surface area contributed by atoms with Gasteiger partial charge >= 0.3 is 0 Å². The number of fused-ring (bicyclic) bond motifs is 1. The second kappa shape index (κ2) is 3.38. The standard InChI is InChI=1S/C8H6BrFN4/c9-4-1-2-5-6(3-4)12-8(11)13-7(5)14-10/h1-3H,(H3,11,12,13,14). The molecule has 72 valence electrons. The summed E-state index contributed by atoms with van der Waals surface area (Å²) in [6.07, 6.45) is 0. The summed E-state index contributed by atoms with van der Waals surface area (Å²) in [5.41, 5.74) is 7.48. The largest absolute Gasteiger partial charge is 0.368 e. The Morgan fingerprint density at radius 1 is 1.36 bits per heavy atom. The molecule has 4 nitrogen and oxygen atoms in total. The van der Waals surface area contributed by atoms with Crippen LogP contribution in [0.15, 0.2) is 22.7 Å². The van der Waals surface area contributed by atoms with Gasteiger partial charge in [0.05, 0.1) is 5.52 Å². The fraction of sp³-hybridized carbons (Fsp3) is 0. The molecule has 3 N–H and O–H groups in total. The lowest BCUT2D eigenvalue weighted by Crippen LogP contribution is -1.98. The minimum absolute atomic E-state index is 0.0377. The van der Waals surface area contributed by atoms with Gasteiger partial charge in [-0.3, -0.25) is 0 Å². The molecule has 0 amide bonds. The molecule has 0 fully saturated rings. The van der Waals surface area contributed by atoms with Crippen molar-refractivity contribution in [2.24, 2.45) is 0 Å². The van der Waals surface area contributed by atoms with E-state index in [1.165, 1.54) is 5.54 Å². The Balaban J connectivity index is 2.81. The molecule has 0 saturated carbocycles. The van der Waals surface area contributed by atoms with E-state index in [0.29, 0.717) is 10.9 Å². The van der Waals surface area contributed by atoms with Crippen LogP contribution in [0.3, 0.4) is 0 Å². The number of hydrogen-bond donors (Lipinski definition) is 2. The van der Waals surface area contributed by atoms with Gasteiger partial charge in [-0.2, -0.15) is 4.98 Å². The molecular formula is C8H6BrFN4. The van der Waals surface area contributed by atoms with Crippen molar-refractivity contribution in [3.05, 3.63) is 22.7 Å². The summed E-state index contributed by atoms with van der Waals surface area (Å²) < 4.78 is 13.2. The van der Waals surface area contributed by atoms with Gasteiger partial charge < -0.3 is 5.73 Å². The van der Waals surface area contributed by atoms with Gasteiger partial charge in [0, 0.05) is 9.86 Å². The van der Waals surface area contributed by atoms with Crippen molar-refractivity contribution in [2.45, 2.75) is 0 Å². The Morgan fingerprint density at radius 3 is 2.86 bits per heavy atom. The van der Waals surface area contributed by atoms with Crippen LogP contribution in [0, 0.1) is 0 Å². The van der Waals surface area contributed by atoms with E-state index in [1.807, 2.05) is 0 Å². The fourth-order valence-corrected chi connectivity index (χ4v) is 1.54. The fourth-order valence-electron chi connectivity index (χ4n) is 1.19. The van der Waals surface area contributed by atoms with Crippen molar-refractivity contribution in [3.63, 3.8) is 0 Å². The second-order valence-electron chi connectivity index (χ2n) is 2.69. The zero-order valence-electron chi connectivity index (χ0n) is 6.96. The molecule has 0 aliphatic heterocycles. The van der Waals surface area contributed by atoms with Crippen LogP contribution < -0.4 is 11.3 Å². The molecule has 1 aromatic heterocycles. The van der Waals surface area contributed by atoms with Crippen LogP contribution in [0.2, 0.25) is 0 Å². The monoisotopic (exact) mass is 256 g/mol. The van der Waals surface area contributed by atoms with E-state index in [0.717, 1.165) is 4.47 Å². The lowest BCUT2D eigenvalue weighted by molar-refractivity contribution is 0.613. The normalized spacial score (nSPS) is 10.4. The summed E-state index contributed by atoms with van der Waals surface area (Å²) in [4.78, 5) is 7.69. The lowest BCUT2D eigenvalue weighted by Gasteiger charge is -2.03. The zero-order valence-corrected chi connectivity index (χ0v) is 8.55. The topological polar surface area (TPSA) is 63.8 Å². The minimum atomic E-state index is 0.0377. The Bertz CT molecular complexity index is 483. The maximum Gasteiger partial charge on any atom is 0.222 e.